The van der Waals surface area contributed by atoms with Crippen LogP contribution in [0.15, 0.2) is 28.7 Å². The summed E-state index contributed by atoms with van der Waals surface area (Å²) >= 11 is 3.54. The van der Waals surface area contributed by atoms with Gasteiger partial charge in [0.2, 0.25) is 0 Å². The van der Waals surface area contributed by atoms with Gasteiger partial charge in [-0.3, -0.25) is 4.90 Å². The topological polar surface area (TPSA) is 15.3 Å². The van der Waals surface area contributed by atoms with Gasteiger partial charge in [0.25, 0.3) is 0 Å². The minimum atomic E-state index is 0.431. The highest BCUT2D eigenvalue weighted by atomic mass is 79.9. The lowest BCUT2D eigenvalue weighted by Gasteiger charge is -2.47. The quantitative estimate of drug-likeness (QED) is 0.889. The monoisotopic (exact) mass is 348 g/mol. The van der Waals surface area contributed by atoms with Gasteiger partial charge in [-0.15, -0.1) is 0 Å². The molecular weight excluding hydrogens is 324 g/mol. The van der Waals surface area contributed by atoms with Crippen molar-refractivity contribution >= 4 is 15.9 Å². The standard InChI is InChI=1S/C18H25BrN2/c19-16-7-3-14(4-8-16)12-21-13-18(9-1-2-10-18)20-11-17(21)15-5-6-15/h3-4,7-8,15,17,20H,1-2,5-6,9-13H2. The largest absolute Gasteiger partial charge is 0.308 e. The first-order valence-corrected chi connectivity index (χ1v) is 9.27. The number of nitrogens with one attached hydrogen (secondary N) is 1. The fraction of sp³-hybridized carbons (Fsp3) is 0.667. The molecule has 21 heavy (non-hydrogen) atoms. The predicted molar refractivity (Wildman–Crippen MR) is 90.3 cm³/mol. The third kappa shape index (κ3) is 3.06. The first-order chi connectivity index (χ1) is 10.2. The zero-order valence-electron chi connectivity index (χ0n) is 12.7. The summed E-state index contributed by atoms with van der Waals surface area (Å²) < 4.78 is 1.18. The molecule has 3 aliphatic rings. The Morgan fingerprint density at radius 1 is 1.14 bits per heavy atom. The number of halogens is 1. The molecule has 1 unspecified atom stereocenters. The second-order valence-corrected chi connectivity index (χ2v) is 8.22. The fourth-order valence-electron chi connectivity index (χ4n) is 4.34. The Hall–Kier alpha value is -0.380. The normalized spacial score (nSPS) is 29.1. The van der Waals surface area contributed by atoms with Gasteiger partial charge in [-0.05, 0) is 49.3 Å². The van der Waals surface area contributed by atoms with Crippen molar-refractivity contribution in [1.29, 1.82) is 0 Å². The fourth-order valence-corrected chi connectivity index (χ4v) is 4.61. The highest BCUT2D eigenvalue weighted by Gasteiger charge is 2.45. The van der Waals surface area contributed by atoms with Gasteiger partial charge in [-0.2, -0.15) is 0 Å². The maximum absolute atomic E-state index is 3.94. The number of rotatable bonds is 3. The van der Waals surface area contributed by atoms with E-state index in [0.717, 1.165) is 18.5 Å². The Labute approximate surface area is 136 Å². The van der Waals surface area contributed by atoms with Crippen LogP contribution in [0, 0.1) is 5.92 Å². The maximum Gasteiger partial charge on any atom is 0.0309 e. The molecule has 114 valence electrons. The summed E-state index contributed by atoms with van der Waals surface area (Å²) in [7, 11) is 0. The molecule has 1 atom stereocenters. The van der Waals surface area contributed by atoms with Crippen LogP contribution in [-0.4, -0.2) is 29.6 Å². The van der Waals surface area contributed by atoms with Gasteiger partial charge >= 0.3 is 0 Å². The average Bonchev–Trinajstić information content (AvgIpc) is 3.23. The first-order valence-electron chi connectivity index (χ1n) is 8.48. The number of hydrogen-bond acceptors (Lipinski definition) is 2. The lowest BCUT2D eigenvalue weighted by Crippen LogP contribution is -2.63. The highest BCUT2D eigenvalue weighted by Crippen LogP contribution is 2.41. The van der Waals surface area contributed by atoms with Crippen molar-refractivity contribution in [3.05, 3.63) is 34.3 Å². The number of piperazine rings is 1. The molecule has 1 saturated heterocycles. The molecule has 1 aromatic rings. The molecule has 0 radical (unpaired) electrons. The molecule has 1 heterocycles. The molecule has 2 saturated carbocycles. The van der Waals surface area contributed by atoms with Crippen molar-refractivity contribution < 1.29 is 0 Å². The summed E-state index contributed by atoms with van der Waals surface area (Å²) in [6.45, 7) is 3.59. The molecule has 2 nitrogen and oxygen atoms in total. The van der Waals surface area contributed by atoms with Crippen LogP contribution in [0.3, 0.4) is 0 Å². The van der Waals surface area contributed by atoms with Crippen molar-refractivity contribution in [3.8, 4) is 0 Å². The summed E-state index contributed by atoms with van der Waals surface area (Å²) in [6, 6.07) is 9.67. The van der Waals surface area contributed by atoms with Gasteiger partial charge in [-0.25, -0.2) is 0 Å². The van der Waals surface area contributed by atoms with E-state index in [1.807, 2.05) is 0 Å². The van der Waals surface area contributed by atoms with E-state index in [-0.39, 0.29) is 0 Å². The van der Waals surface area contributed by atoms with Gasteiger partial charge in [0.15, 0.2) is 0 Å². The molecule has 1 N–H and O–H groups in total. The van der Waals surface area contributed by atoms with Crippen molar-refractivity contribution in [1.82, 2.24) is 10.2 Å². The Morgan fingerprint density at radius 2 is 1.86 bits per heavy atom. The summed E-state index contributed by atoms with van der Waals surface area (Å²) in [5, 5.41) is 3.94. The SMILES string of the molecule is Brc1ccc(CN2CC3(CCCC3)NCC2C2CC2)cc1. The summed E-state index contributed by atoms with van der Waals surface area (Å²) in [6.07, 6.45) is 8.45. The number of hydrogen-bond donors (Lipinski definition) is 1. The van der Waals surface area contributed by atoms with Gasteiger partial charge < -0.3 is 5.32 Å². The molecule has 0 bridgehead atoms. The third-order valence-corrected chi connectivity index (χ3v) is 6.22. The molecule has 2 aliphatic carbocycles. The van der Waals surface area contributed by atoms with Crippen molar-refractivity contribution in [2.45, 2.75) is 56.7 Å². The van der Waals surface area contributed by atoms with Gasteiger partial charge in [0.05, 0.1) is 0 Å². The zero-order valence-corrected chi connectivity index (χ0v) is 14.2. The summed E-state index contributed by atoms with van der Waals surface area (Å²) in [4.78, 5) is 2.79. The Morgan fingerprint density at radius 3 is 2.52 bits per heavy atom. The van der Waals surface area contributed by atoms with Crippen LogP contribution in [0.1, 0.15) is 44.1 Å². The molecule has 0 amide bonds. The van der Waals surface area contributed by atoms with Crippen LogP contribution in [0.5, 0.6) is 0 Å². The van der Waals surface area contributed by atoms with E-state index in [4.69, 9.17) is 0 Å². The summed E-state index contributed by atoms with van der Waals surface area (Å²) in [5.41, 5.74) is 1.89. The molecule has 1 spiro atoms. The Bertz CT molecular complexity index is 488. The van der Waals surface area contributed by atoms with E-state index in [1.165, 1.54) is 61.7 Å². The third-order valence-electron chi connectivity index (χ3n) is 5.69. The van der Waals surface area contributed by atoms with Crippen molar-refractivity contribution in [2.24, 2.45) is 5.92 Å². The van der Waals surface area contributed by atoms with Crippen LogP contribution >= 0.6 is 15.9 Å². The van der Waals surface area contributed by atoms with E-state index in [9.17, 15) is 0 Å². The first kappa shape index (κ1) is 14.2. The van der Waals surface area contributed by atoms with Crippen molar-refractivity contribution in [2.75, 3.05) is 13.1 Å². The molecule has 1 aliphatic heterocycles. The Balaban J connectivity index is 1.51. The van der Waals surface area contributed by atoms with E-state index in [2.05, 4.69) is 50.4 Å². The van der Waals surface area contributed by atoms with Gasteiger partial charge in [0, 0.05) is 35.7 Å². The molecule has 4 rings (SSSR count). The minimum Gasteiger partial charge on any atom is -0.308 e. The second kappa shape index (κ2) is 5.68. The number of nitrogens with zero attached hydrogens (tertiary/aromatic N) is 1. The minimum absolute atomic E-state index is 0.431. The molecular formula is C18H25BrN2. The molecule has 3 heteroatoms. The molecule has 1 aromatic carbocycles. The Kier molecular flexibility index (Phi) is 3.85. The van der Waals surface area contributed by atoms with E-state index in [0.29, 0.717) is 5.54 Å². The lowest BCUT2D eigenvalue weighted by atomic mass is 9.90. The van der Waals surface area contributed by atoms with Crippen LogP contribution in [0.4, 0.5) is 0 Å². The second-order valence-electron chi connectivity index (χ2n) is 7.30. The van der Waals surface area contributed by atoms with E-state index in [1.54, 1.807) is 0 Å². The van der Waals surface area contributed by atoms with E-state index >= 15 is 0 Å². The molecule has 3 fully saturated rings. The smallest absolute Gasteiger partial charge is 0.0309 e. The van der Waals surface area contributed by atoms with Crippen LogP contribution in [0.25, 0.3) is 0 Å². The van der Waals surface area contributed by atoms with Crippen LogP contribution < -0.4 is 5.32 Å². The summed E-state index contributed by atoms with van der Waals surface area (Å²) in [5.74, 6) is 0.951. The van der Waals surface area contributed by atoms with Crippen LogP contribution in [0.2, 0.25) is 0 Å². The highest BCUT2D eigenvalue weighted by molar-refractivity contribution is 9.10. The zero-order chi connectivity index (χ0) is 14.3. The molecule has 0 aromatic heterocycles. The van der Waals surface area contributed by atoms with Crippen LogP contribution in [-0.2, 0) is 6.54 Å². The number of benzene rings is 1. The maximum atomic E-state index is 3.94. The van der Waals surface area contributed by atoms with Gasteiger partial charge in [-0.1, -0.05) is 40.9 Å². The lowest BCUT2D eigenvalue weighted by molar-refractivity contribution is 0.0627. The van der Waals surface area contributed by atoms with E-state index < -0.39 is 0 Å². The van der Waals surface area contributed by atoms with Crippen molar-refractivity contribution in [3.63, 3.8) is 0 Å². The predicted octanol–water partition coefficient (Wildman–Crippen LogP) is 3.95. The van der Waals surface area contributed by atoms with Gasteiger partial charge in [0.1, 0.15) is 0 Å². The average molecular weight is 349 g/mol.